The first-order valence-electron chi connectivity index (χ1n) is 6.49. The van der Waals surface area contributed by atoms with Crippen LogP contribution in [0.3, 0.4) is 0 Å². The number of thioether (sulfide) groups is 1. The van der Waals surface area contributed by atoms with Crippen LogP contribution < -0.4 is 15.8 Å². The molecule has 21 heavy (non-hydrogen) atoms. The highest BCUT2D eigenvalue weighted by Gasteiger charge is 2.11. The maximum Gasteiger partial charge on any atom is 0.230 e. The van der Waals surface area contributed by atoms with Crippen molar-refractivity contribution in [3.05, 3.63) is 40.6 Å². The first-order valence-corrected chi connectivity index (χ1v) is 8.35. The summed E-state index contributed by atoms with van der Waals surface area (Å²) in [5, 5.41) is 4.98. The molecule has 6 heteroatoms. The second-order valence-electron chi connectivity index (χ2n) is 4.50. The van der Waals surface area contributed by atoms with E-state index in [-0.39, 0.29) is 11.9 Å². The molecule has 0 aliphatic rings. The fourth-order valence-corrected chi connectivity index (χ4v) is 3.34. The van der Waals surface area contributed by atoms with Gasteiger partial charge in [0, 0.05) is 15.5 Å². The van der Waals surface area contributed by atoms with E-state index in [0.717, 1.165) is 15.5 Å². The van der Waals surface area contributed by atoms with Crippen LogP contribution in [-0.4, -0.2) is 18.8 Å². The Morgan fingerprint density at radius 2 is 2.29 bits per heavy atom. The number of anilines is 1. The molecule has 0 radical (unpaired) electrons. The van der Waals surface area contributed by atoms with Crippen molar-refractivity contribution in [1.82, 2.24) is 5.32 Å². The summed E-state index contributed by atoms with van der Waals surface area (Å²) in [4.78, 5) is 14.0. The molecule has 1 atom stereocenters. The molecule has 0 aliphatic carbocycles. The molecule has 2 rings (SSSR count). The zero-order valence-corrected chi connectivity index (χ0v) is 13.6. The highest BCUT2D eigenvalue weighted by atomic mass is 32.2. The fraction of sp³-hybridized carbons (Fsp3) is 0.267. The Labute approximate surface area is 132 Å². The molecule has 1 amide bonds. The van der Waals surface area contributed by atoms with Crippen LogP contribution in [0, 0.1) is 0 Å². The standard InChI is InChI=1S/C15H18N2O2S2/c1-10(13-4-3-7-20-13)17-15(18)9-21-14-8-11(19-2)5-6-12(14)16/h3-8,10H,9,16H2,1-2H3,(H,17,18). The van der Waals surface area contributed by atoms with E-state index in [1.165, 1.54) is 11.8 Å². The number of carbonyl (C=O) groups is 1. The van der Waals surface area contributed by atoms with E-state index in [1.54, 1.807) is 30.6 Å². The Hall–Kier alpha value is -1.66. The van der Waals surface area contributed by atoms with Crippen molar-refractivity contribution in [2.75, 3.05) is 18.6 Å². The number of carbonyl (C=O) groups excluding carboxylic acids is 1. The van der Waals surface area contributed by atoms with Gasteiger partial charge in [0.25, 0.3) is 0 Å². The van der Waals surface area contributed by atoms with Gasteiger partial charge in [0.15, 0.2) is 0 Å². The SMILES string of the molecule is COc1ccc(N)c(SCC(=O)NC(C)c2cccs2)c1. The number of nitrogens with one attached hydrogen (secondary N) is 1. The van der Waals surface area contributed by atoms with E-state index in [2.05, 4.69) is 5.32 Å². The van der Waals surface area contributed by atoms with Crippen LogP contribution in [-0.2, 0) is 4.79 Å². The summed E-state index contributed by atoms with van der Waals surface area (Å²) < 4.78 is 5.16. The summed E-state index contributed by atoms with van der Waals surface area (Å²) in [6.07, 6.45) is 0. The normalized spacial score (nSPS) is 11.9. The molecule has 1 unspecified atom stereocenters. The molecule has 1 heterocycles. The number of hydrogen-bond acceptors (Lipinski definition) is 5. The Balaban J connectivity index is 1.89. The van der Waals surface area contributed by atoms with E-state index in [9.17, 15) is 4.79 Å². The molecular formula is C15H18N2O2S2. The van der Waals surface area contributed by atoms with Crippen LogP contribution in [0.5, 0.6) is 5.75 Å². The van der Waals surface area contributed by atoms with Crippen LogP contribution in [0.1, 0.15) is 17.8 Å². The van der Waals surface area contributed by atoms with E-state index < -0.39 is 0 Å². The van der Waals surface area contributed by atoms with Gasteiger partial charge in [-0.05, 0) is 36.6 Å². The molecular weight excluding hydrogens is 304 g/mol. The van der Waals surface area contributed by atoms with Gasteiger partial charge in [-0.15, -0.1) is 23.1 Å². The number of methoxy groups -OCH3 is 1. The van der Waals surface area contributed by atoms with Crippen LogP contribution in [0.25, 0.3) is 0 Å². The predicted molar refractivity (Wildman–Crippen MR) is 89.0 cm³/mol. The molecule has 0 spiro atoms. The number of rotatable bonds is 6. The number of benzene rings is 1. The van der Waals surface area contributed by atoms with Gasteiger partial charge in [0.2, 0.25) is 5.91 Å². The lowest BCUT2D eigenvalue weighted by Gasteiger charge is -2.12. The van der Waals surface area contributed by atoms with Gasteiger partial charge in [0.05, 0.1) is 18.9 Å². The van der Waals surface area contributed by atoms with Gasteiger partial charge in [-0.25, -0.2) is 0 Å². The molecule has 2 aromatic rings. The van der Waals surface area contributed by atoms with Crippen LogP contribution in [0.2, 0.25) is 0 Å². The Morgan fingerprint density at radius 3 is 2.95 bits per heavy atom. The van der Waals surface area contributed by atoms with Gasteiger partial charge < -0.3 is 15.8 Å². The highest BCUT2D eigenvalue weighted by Crippen LogP contribution is 2.29. The Kier molecular flexibility index (Phi) is 5.52. The third-order valence-corrected chi connectivity index (χ3v) is 5.05. The maximum atomic E-state index is 12.0. The minimum absolute atomic E-state index is 0.0110. The smallest absolute Gasteiger partial charge is 0.230 e. The average molecular weight is 322 g/mol. The van der Waals surface area contributed by atoms with Crippen molar-refractivity contribution in [2.24, 2.45) is 0 Å². The minimum atomic E-state index is -0.0110. The summed E-state index contributed by atoms with van der Waals surface area (Å²) in [7, 11) is 1.61. The fourth-order valence-electron chi connectivity index (χ4n) is 1.80. The molecule has 0 saturated heterocycles. The second-order valence-corrected chi connectivity index (χ2v) is 6.49. The zero-order valence-electron chi connectivity index (χ0n) is 12.0. The molecule has 1 aromatic carbocycles. The lowest BCUT2D eigenvalue weighted by molar-refractivity contribution is -0.119. The molecule has 3 N–H and O–H groups in total. The molecule has 0 saturated carbocycles. The van der Waals surface area contributed by atoms with E-state index >= 15 is 0 Å². The second kappa shape index (κ2) is 7.38. The van der Waals surface area contributed by atoms with Gasteiger partial charge >= 0.3 is 0 Å². The Morgan fingerprint density at radius 1 is 1.48 bits per heavy atom. The molecule has 4 nitrogen and oxygen atoms in total. The van der Waals surface area contributed by atoms with Crippen molar-refractivity contribution in [3.8, 4) is 5.75 Å². The number of amides is 1. The summed E-state index contributed by atoms with van der Waals surface area (Å²) in [6.45, 7) is 1.98. The molecule has 112 valence electrons. The monoisotopic (exact) mass is 322 g/mol. The van der Waals surface area contributed by atoms with Crippen molar-refractivity contribution in [3.63, 3.8) is 0 Å². The molecule has 0 fully saturated rings. The first kappa shape index (κ1) is 15.7. The first-order chi connectivity index (χ1) is 10.1. The van der Waals surface area contributed by atoms with Gasteiger partial charge in [-0.2, -0.15) is 0 Å². The topological polar surface area (TPSA) is 64.3 Å². The van der Waals surface area contributed by atoms with Gasteiger partial charge in [-0.1, -0.05) is 6.07 Å². The third-order valence-electron chi connectivity index (χ3n) is 2.93. The molecule has 0 bridgehead atoms. The number of nitrogens with two attached hydrogens (primary N) is 1. The van der Waals surface area contributed by atoms with Crippen molar-refractivity contribution in [1.29, 1.82) is 0 Å². The average Bonchev–Trinajstić information content (AvgIpc) is 3.00. The zero-order chi connectivity index (χ0) is 15.2. The number of hydrogen-bond donors (Lipinski definition) is 2. The van der Waals surface area contributed by atoms with Gasteiger partial charge in [0.1, 0.15) is 5.75 Å². The largest absolute Gasteiger partial charge is 0.497 e. The lowest BCUT2D eigenvalue weighted by atomic mass is 10.3. The Bertz CT molecular complexity index is 600. The van der Waals surface area contributed by atoms with Crippen molar-refractivity contribution in [2.45, 2.75) is 17.9 Å². The summed E-state index contributed by atoms with van der Waals surface area (Å²) in [5.74, 6) is 1.05. The van der Waals surface area contributed by atoms with Crippen molar-refractivity contribution >= 4 is 34.7 Å². The predicted octanol–water partition coefficient (Wildman–Crippen LogP) is 3.31. The number of ether oxygens (including phenoxy) is 1. The van der Waals surface area contributed by atoms with E-state index in [4.69, 9.17) is 10.5 Å². The summed E-state index contributed by atoms with van der Waals surface area (Å²) >= 11 is 3.05. The summed E-state index contributed by atoms with van der Waals surface area (Å²) in [6, 6.07) is 9.46. The van der Waals surface area contributed by atoms with Crippen molar-refractivity contribution < 1.29 is 9.53 Å². The number of nitrogen functional groups attached to an aromatic ring is 1. The van der Waals surface area contributed by atoms with Crippen LogP contribution in [0.4, 0.5) is 5.69 Å². The lowest BCUT2D eigenvalue weighted by Crippen LogP contribution is -2.27. The summed E-state index contributed by atoms with van der Waals surface area (Å²) in [5.41, 5.74) is 6.56. The van der Waals surface area contributed by atoms with E-state index in [1.807, 2.05) is 30.5 Å². The van der Waals surface area contributed by atoms with Crippen LogP contribution >= 0.6 is 23.1 Å². The van der Waals surface area contributed by atoms with E-state index in [0.29, 0.717) is 11.4 Å². The number of thiophene rings is 1. The minimum Gasteiger partial charge on any atom is -0.497 e. The molecule has 1 aromatic heterocycles. The van der Waals surface area contributed by atoms with Gasteiger partial charge in [-0.3, -0.25) is 4.79 Å². The third kappa shape index (κ3) is 4.41. The van der Waals surface area contributed by atoms with Crippen LogP contribution in [0.15, 0.2) is 40.6 Å². The molecule has 0 aliphatic heterocycles. The highest BCUT2D eigenvalue weighted by molar-refractivity contribution is 8.00. The maximum absolute atomic E-state index is 12.0. The quantitative estimate of drug-likeness (QED) is 0.632.